The van der Waals surface area contributed by atoms with Crippen LogP contribution in [0.15, 0.2) is 57.9 Å². The smallest absolute Gasteiger partial charge is 0.240 e. The molecule has 1 unspecified atom stereocenters. The van der Waals surface area contributed by atoms with Crippen molar-refractivity contribution in [3.05, 3.63) is 53.0 Å². The molecule has 0 amide bonds. The van der Waals surface area contributed by atoms with Crippen molar-refractivity contribution in [2.45, 2.75) is 17.9 Å². The molecule has 0 saturated carbocycles. The van der Waals surface area contributed by atoms with Crippen molar-refractivity contribution < 1.29 is 8.42 Å². The summed E-state index contributed by atoms with van der Waals surface area (Å²) in [6, 6.07) is 14.9. The van der Waals surface area contributed by atoms with Crippen LogP contribution in [0.4, 0.5) is 0 Å². The fourth-order valence-corrected chi connectivity index (χ4v) is 3.28. The third-order valence-electron chi connectivity index (χ3n) is 3.41. The average Bonchev–Trinajstić information content (AvgIpc) is 2.53. The van der Waals surface area contributed by atoms with Gasteiger partial charge in [-0.3, -0.25) is 0 Å². The molecule has 0 aliphatic heterocycles. The normalized spacial score (nSPS) is 13.0. The van der Waals surface area contributed by atoms with Gasteiger partial charge in [-0.1, -0.05) is 40.2 Å². The number of benzene rings is 2. The SMILES string of the molecule is CNC(C)CNS(=O)(=O)c1ccc(-c2ccc(Br)cc2)cc1. The van der Waals surface area contributed by atoms with Crippen molar-refractivity contribution in [1.82, 2.24) is 10.0 Å². The largest absolute Gasteiger partial charge is 0.316 e. The zero-order valence-electron chi connectivity index (χ0n) is 12.5. The number of nitrogens with one attached hydrogen (secondary N) is 2. The predicted octanol–water partition coefficient (Wildman–Crippen LogP) is 3.00. The summed E-state index contributed by atoms with van der Waals surface area (Å²) >= 11 is 3.40. The van der Waals surface area contributed by atoms with Crippen LogP contribution in [0.2, 0.25) is 0 Å². The molecule has 22 heavy (non-hydrogen) atoms. The molecule has 0 fully saturated rings. The highest BCUT2D eigenvalue weighted by Crippen LogP contribution is 2.23. The van der Waals surface area contributed by atoms with E-state index in [2.05, 4.69) is 26.0 Å². The van der Waals surface area contributed by atoms with Crippen molar-refractivity contribution in [1.29, 1.82) is 0 Å². The Bertz CT molecular complexity index is 713. The Morgan fingerprint density at radius 3 is 2.00 bits per heavy atom. The zero-order valence-corrected chi connectivity index (χ0v) is 14.9. The van der Waals surface area contributed by atoms with E-state index >= 15 is 0 Å². The van der Waals surface area contributed by atoms with Gasteiger partial charge in [0.2, 0.25) is 10.0 Å². The zero-order chi connectivity index (χ0) is 16.2. The summed E-state index contributed by atoms with van der Waals surface area (Å²) in [5, 5.41) is 2.99. The summed E-state index contributed by atoms with van der Waals surface area (Å²) in [5.74, 6) is 0. The van der Waals surface area contributed by atoms with Gasteiger partial charge in [0, 0.05) is 17.1 Å². The van der Waals surface area contributed by atoms with Crippen LogP contribution in [0, 0.1) is 0 Å². The van der Waals surface area contributed by atoms with E-state index < -0.39 is 10.0 Å². The third-order valence-corrected chi connectivity index (χ3v) is 5.38. The summed E-state index contributed by atoms with van der Waals surface area (Å²) < 4.78 is 28.0. The Morgan fingerprint density at radius 1 is 1.00 bits per heavy atom. The average molecular weight is 383 g/mol. The summed E-state index contributed by atoms with van der Waals surface area (Å²) in [4.78, 5) is 0.275. The summed E-state index contributed by atoms with van der Waals surface area (Å²) in [6.07, 6.45) is 0. The van der Waals surface area contributed by atoms with E-state index in [1.165, 1.54) is 0 Å². The van der Waals surface area contributed by atoms with E-state index in [0.717, 1.165) is 15.6 Å². The molecule has 0 aliphatic carbocycles. The van der Waals surface area contributed by atoms with Gasteiger partial charge in [0.05, 0.1) is 4.90 Å². The van der Waals surface area contributed by atoms with Crippen molar-refractivity contribution in [3.8, 4) is 11.1 Å². The highest BCUT2D eigenvalue weighted by Gasteiger charge is 2.14. The summed E-state index contributed by atoms with van der Waals surface area (Å²) in [7, 11) is -1.67. The molecule has 0 spiro atoms. The van der Waals surface area contributed by atoms with Crippen LogP contribution < -0.4 is 10.0 Å². The van der Waals surface area contributed by atoms with E-state index in [-0.39, 0.29) is 10.9 Å². The second kappa shape index (κ2) is 7.37. The van der Waals surface area contributed by atoms with Crippen LogP contribution in [0.3, 0.4) is 0 Å². The number of likely N-dealkylation sites (N-methyl/N-ethyl adjacent to an activating group) is 1. The molecular formula is C16H19BrN2O2S. The molecule has 0 aromatic heterocycles. The maximum Gasteiger partial charge on any atom is 0.240 e. The monoisotopic (exact) mass is 382 g/mol. The first-order valence-corrected chi connectivity index (χ1v) is 9.23. The van der Waals surface area contributed by atoms with Gasteiger partial charge in [0.25, 0.3) is 0 Å². The van der Waals surface area contributed by atoms with Gasteiger partial charge in [-0.05, 0) is 49.4 Å². The Morgan fingerprint density at radius 2 is 1.50 bits per heavy atom. The molecule has 6 heteroatoms. The van der Waals surface area contributed by atoms with E-state index in [9.17, 15) is 8.42 Å². The minimum atomic E-state index is -3.47. The molecule has 0 bridgehead atoms. The van der Waals surface area contributed by atoms with Crippen molar-refractivity contribution in [2.75, 3.05) is 13.6 Å². The molecule has 118 valence electrons. The Balaban J connectivity index is 2.16. The predicted molar refractivity (Wildman–Crippen MR) is 93.3 cm³/mol. The highest BCUT2D eigenvalue weighted by molar-refractivity contribution is 9.10. The molecule has 1 atom stereocenters. The Labute approximate surface area is 140 Å². The van der Waals surface area contributed by atoms with Gasteiger partial charge in [0.15, 0.2) is 0 Å². The van der Waals surface area contributed by atoms with Gasteiger partial charge in [-0.25, -0.2) is 13.1 Å². The second-order valence-electron chi connectivity index (χ2n) is 5.07. The first-order valence-electron chi connectivity index (χ1n) is 6.95. The second-order valence-corrected chi connectivity index (χ2v) is 7.76. The standard InChI is InChI=1S/C16H19BrN2O2S/c1-12(18-2)11-19-22(20,21)16-9-5-14(6-10-16)13-3-7-15(17)8-4-13/h3-10,12,18-19H,11H2,1-2H3. The molecule has 2 rings (SSSR count). The number of rotatable bonds is 6. The molecular weight excluding hydrogens is 364 g/mol. The molecule has 2 aromatic carbocycles. The van der Waals surface area contributed by atoms with Gasteiger partial charge in [-0.15, -0.1) is 0 Å². The van der Waals surface area contributed by atoms with E-state index in [1.807, 2.05) is 43.3 Å². The van der Waals surface area contributed by atoms with Crippen LogP contribution in [0.25, 0.3) is 11.1 Å². The third kappa shape index (κ3) is 4.39. The molecule has 0 heterocycles. The fourth-order valence-electron chi connectivity index (χ4n) is 1.89. The quantitative estimate of drug-likeness (QED) is 0.806. The maximum atomic E-state index is 12.2. The lowest BCUT2D eigenvalue weighted by Crippen LogP contribution is -2.37. The van der Waals surface area contributed by atoms with Gasteiger partial charge in [0.1, 0.15) is 0 Å². The first kappa shape index (κ1) is 17.1. The lowest BCUT2D eigenvalue weighted by Gasteiger charge is -2.12. The van der Waals surface area contributed by atoms with E-state index in [4.69, 9.17) is 0 Å². The van der Waals surface area contributed by atoms with Crippen molar-refractivity contribution in [3.63, 3.8) is 0 Å². The topological polar surface area (TPSA) is 58.2 Å². The maximum absolute atomic E-state index is 12.2. The molecule has 2 aromatic rings. The molecule has 0 aliphatic rings. The Kier molecular flexibility index (Phi) is 5.74. The number of sulfonamides is 1. The van der Waals surface area contributed by atoms with E-state index in [1.54, 1.807) is 19.2 Å². The van der Waals surface area contributed by atoms with Gasteiger partial charge in [-0.2, -0.15) is 0 Å². The molecule has 4 nitrogen and oxygen atoms in total. The van der Waals surface area contributed by atoms with Gasteiger partial charge < -0.3 is 5.32 Å². The lowest BCUT2D eigenvalue weighted by atomic mass is 10.1. The van der Waals surface area contributed by atoms with Crippen LogP contribution >= 0.6 is 15.9 Å². The minimum Gasteiger partial charge on any atom is -0.316 e. The van der Waals surface area contributed by atoms with E-state index in [0.29, 0.717) is 6.54 Å². The molecule has 2 N–H and O–H groups in total. The van der Waals surface area contributed by atoms with Crippen LogP contribution in [-0.2, 0) is 10.0 Å². The summed E-state index contributed by atoms with van der Waals surface area (Å²) in [6.45, 7) is 2.27. The Hall–Kier alpha value is -1.21. The fraction of sp³-hybridized carbons (Fsp3) is 0.250. The molecule has 0 saturated heterocycles. The summed E-state index contributed by atoms with van der Waals surface area (Å²) in [5.41, 5.74) is 2.03. The number of hydrogen-bond donors (Lipinski definition) is 2. The molecule has 0 radical (unpaired) electrons. The van der Waals surface area contributed by atoms with Crippen LogP contribution in [0.5, 0.6) is 0 Å². The van der Waals surface area contributed by atoms with Crippen molar-refractivity contribution in [2.24, 2.45) is 0 Å². The lowest BCUT2D eigenvalue weighted by molar-refractivity contribution is 0.554. The van der Waals surface area contributed by atoms with Crippen molar-refractivity contribution >= 4 is 26.0 Å². The van der Waals surface area contributed by atoms with Crippen LogP contribution in [-0.4, -0.2) is 28.1 Å². The first-order chi connectivity index (χ1) is 10.4. The number of halogens is 1. The minimum absolute atomic E-state index is 0.0804. The van der Waals surface area contributed by atoms with Gasteiger partial charge >= 0.3 is 0 Å². The highest BCUT2D eigenvalue weighted by atomic mass is 79.9. The van der Waals surface area contributed by atoms with Crippen LogP contribution in [0.1, 0.15) is 6.92 Å². The number of hydrogen-bond acceptors (Lipinski definition) is 3.